The monoisotopic (exact) mass is 339 g/mol. The zero-order valence-electron chi connectivity index (χ0n) is 9.55. The highest BCUT2D eigenvalue weighted by atomic mass is 79.9. The highest BCUT2D eigenvalue weighted by Crippen LogP contribution is 2.31. The van der Waals surface area contributed by atoms with Gasteiger partial charge in [0.05, 0.1) is 11.2 Å². The van der Waals surface area contributed by atoms with Crippen molar-refractivity contribution in [1.82, 2.24) is 9.97 Å². The lowest BCUT2D eigenvalue weighted by atomic mass is 10.2. The van der Waals surface area contributed by atoms with Crippen LogP contribution in [-0.2, 0) is 0 Å². The van der Waals surface area contributed by atoms with E-state index in [2.05, 4.69) is 25.9 Å². The number of aromatic amines is 1. The number of rotatable bonds is 1. The molecule has 3 rings (SSSR count). The Morgan fingerprint density at radius 2 is 2.05 bits per heavy atom. The van der Waals surface area contributed by atoms with Gasteiger partial charge >= 0.3 is 0 Å². The molecule has 0 bridgehead atoms. The number of imidazole rings is 1. The molecule has 0 aliphatic carbocycles. The number of nitrogen functional groups attached to an aromatic ring is 1. The second-order valence-electron chi connectivity index (χ2n) is 4.10. The van der Waals surface area contributed by atoms with E-state index in [1.165, 1.54) is 12.1 Å². The number of nitrogens with two attached hydrogens (primary N) is 1. The summed E-state index contributed by atoms with van der Waals surface area (Å²) in [7, 11) is 0. The largest absolute Gasteiger partial charge is 0.397 e. The minimum atomic E-state index is -0.329. The molecule has 0 saturated carbocycles. The standard InChI is InChI=1S/C13H8BrClFN3/c14-9-2-1-7(16)5-8(9)13-18-11-4-6(15)3-10(17)12(11)19-13/h1-5H,17H2,(H,18,19). The first-order valence-corrected chi connectivity index (χ1v) is 6.62. The number of H-pyrrole nitrogens is 1. The van der Waals surface area contributed by atoms with Crippen molar-refractivity contribution in [3.05, 3.63) is 45.6 Å². The fourth-order valence-corrected chi connectivity index (χ4v) is 2.58. The molecule has 96 valence electrons. The van der Waals surface area contributed by atoms with Crippen LogP contribution in [0.1, 0.15) is 0 Å². The molecule has 3 aromatic rings. The van der Waals surface area contributed by atoms with Crippen molar-refractivity contribution in [2.45, 2.75) is 0 Å². The van der Waals surface area contributed by atoms with Crippen LogP contribution < -0.4 is 5.73 Å². The Labute approximate surface area is 121 Å². The predicted molar refractivity (Wildman–Crippen MR) is 78.6 cm³/mol. The number of anilines is 1. The van der Waals surface area contributed by atoms with Gasteiger partial charge in [-0.1, -0.05) is 27.5 Å². The molecular formula is C13H8BrClFN3. The van der Waals surface area contributed by atoms with Gasteiger partial charge in [0.2, 0.25) is 0 Å². The van der Waals surface area contributed by atoms with E-state index in [4.69, 9.17) is 17.3 Å². The van der Waals surface area contributed by atoms with Crippen LogP contribution in [0.15, 0.2) is 34.8 Å². The lowest BCUT2D eigenvalue weighted by Gasteiger charge is -2.00. The Kier molecular flexibility index (Phi) is 2.95. The molecule has 6 heteroatoms. The van der Waals surface area contributed by atoms with Gasteiger partial charge in [0, 0.05) is 15.1 Å². The Hall–Kier alpha value is -1.59. The molecule has 0 atom stereocenters. The average Bonchev–Trinajstić information content (AvgIpc) is 2.76. The van der Waals surface area contributed by atoms with Gasteiger partial charge < -0.3 is 10.7 Å². The average molecular weight is 341 g/mol. The number of hydrogen-bond donors (Lipinski definition) is 2. The summed E-state index contributed by atoms with van der Waals surface area (Å²) in [6.07, 6.45) is 0. The number of fused-ring (bicyclic) bond motifs is 1. The molecule has 0 radical (unpaired) electrons. The third-order valence-electron chi connectivity index (χ3n) is 2.76. The van der Waals surface area contributed by atoms with Crippen LogP contribution in [0.4, 0.5) is 10.1 Å². The maximum atomic E-state index is 13.3. The summed E-state index contributed by atoms with van der Waals surface area (Å²) in [6, 6.07) is 7.78. The van der Waals surface area contributed by atoms with Gasteiger partial charge in [-0.15, -0.1) is 0 Å². The van der Waals surface area contributed by atoms with E-state index in [1.54, 1.807) is 18.2 Å². The zero-order valence-corrected chi connectivity index (χ0v) is 11.9. The van der Waals surface area contributed by atoms with Crippen LogP contribution in [0.25, 0.3) is 22.4 Å². The number of benzene rings is 2. The molecule has 3 N–H and O–H groups in total. The fourth-order valence-electron chi connectivity index (χ4n) is 1.91. The van der Waals surface area contributed by atoms with E-state index >= 15 is 0 Å². The lowest BCUT2D eigenvalue weighted by molar-refractivity contribution is 0.628. The summed E-state index contributed by atoms with van der Waals surface area (Å²) in [5.41, 5.74) is 8.32. The molecule has 1 heterocycles. The summed E-state index contributed by atoms with van der Waals surface area (Å²) in [4.78, 5) is 7.48. The second-order valence-corrected chi connectivity index (χ2v) is 5.39. The maximum Gasteiger partial charge on any atom is 0.139 e. The first-order chi connectivity index (χ1) is 9.04. The molecule has 0 unspecified atom stereocenters. The van der Waals surface area contributed by atoms with Crippen molar-refractivity contribution in [2.75, 3.05) is 5.73 Å². The first kappa shape index (κ1) is 12.4. The van der Waals surface area contributed by atoms with Gasteiger partial charge in [0.15, 0.2) is 0 Å². The van der Waals surface area contributed by atoms with Gasteiger partial charge in [0.25, 0.3) is 0 Å². The fraction of sp³-hybridized carbons (Fsp3) is 0. The molecule has 2 aromatic carbocycles. The minimum absolute atomic E-state index is 0.329. The van der Waals surface area contributed by atoms with Crippen LogP contribution in [-0.4, -0.2) is 9.97 Å². The molecule has 0 fully saturated rings. The van der Waals surface area contributed by atoms with Gasteiger partial charge in [-0.25, -0.2) is 9.37 Å². The lowest BCUT2D eigenvalue weighted by Crippen LogP contribution is -1.86. The molecule has 3 nitrogen and oxygen atoms in total. The molecule has 0 spiro atoms. The van der Waals surface area contributed by atoms with Crippen molar-refractivity contribution in [1.29, 1.82) is 0 Å². The van der Waals surface area contributed by atoms with Crippen molar-refractivity contribution < 1.29 is 4.39 Å². The number of nitrogens with one attached hydrogen (secondary N) is 1. The van der Waals surface area contributed by atoms with E-state index in [0.717, 1.165) is 9.99 Å². The Balaban J connectivity index is 2.26. The summed E-state index contributed by atoms with van der Waals surface area (Å²) in [6.45, 7) is 0. The highest BCUT2D eigenvalue weighted by molar-refractivity contribution is 9.10. The van der Waals surface area contributed by atoms with Crippen LogP contribution in [0.3, 0.4) is 0 Å². The van der Waals surface area contributed by atoms with E-state index in [-0.39, 0.29) is 5.82 Å². The quantitative estimate of drug-likeness (QED) is 0.646. The normalized spacial score (nSPS) is 11.1. The van der Waals surface area contributed by atoms with Gasteiger partial charge in [0.1, 0.15) is 17.2 Å². The second kappa shape index (κ2) is 4.51. The Morgan fingerprint density at radius 3 is 2.84 bits per heavy atom. The van der Waals surface area contributed by atoms with Crippen LogP contribution in [0.2, 0.25) is 5.02 Å². The summed E-state index contributed by atoms with van der Waals surface area (Å²) < 4.78 is 14.1. The van der Waals surface area contributed by atoms with Crippen LogP contribution in [0, 0.1) is 5.82 Å². The summed E-state index contributed by atoms with van der Waals surface area (Å²) in [5.74, 6) is 0.208. The molecule has 0 aliphatic heterocycles. The third kappa shape index (κ3) is 2.19. The van der Waals surface area contributed by atoms with E-state index in [0.29, 0.717) is 27.6 Å². The van der Waals surface area contributed by atoms with Crippen molar-refractivity contribution >= 4 is 44.3 Å². The van der Waals surface area contributed by atoms with Crippen LogP contribution in [0.5, 0.6) is 0 Å². The van der Waals surface area contributed by atoms with Gasteiger partial charge in [-0.05, 0) is 30.3 Å². The molecular weight excluding hydrogens is 333 g/mol. The topological polar surface area (TPSA) is 54.7 Å². The summed E-state index contributed by atoms with van der Waals surface area (Å²) in [5, 5.41) is 0.526. The van der Waals surface area contributed by atoms with Crippen molar-refractivity contribution in [3.63, 3.8) is 0 Å². The van der Waals surface area contributed by atoms with E-state index in [9.17, 15) is 4.39 Å². The van der Waals surface area contributed by atoms with Gasteiger partial charge in [-0.3, -0.25) is 0 Å². The molecule has 0 saturated heterocycles. The predicted octanol–water partition coefficient (Wildman–Crippen LogP) is 4.37. The molecule has 0 aliphatic rings. The molecule has 0 amide bonds. The van der Waals surface area contributed by atoms with Crippen molar-refractivity contribution in [2.24, 2.45) is 0 Å². The number of hydrogen-bond acceptors (Lipinski definition) is 2. The smallest absolute Gasteiger partial charge is 0.139 e. The molecule has 19 heavy (non-hydrogen) atoms. The Morgan fingerprint density at radius 1 is 1.26 bits per heavy atom. The first-order valence-electron chi connectivity index (χ1n) is 5.45. The Bertz CT molecular complexity index is 785. The number of nitrogens with zero attached hydrogens (tertiary/aromatic N) is 1. The van der Waals surface area contributed by atoms with E-state index in [1.807, 2.05) is 0 Å². The number of halogens is 3. The SMILES string of the molecule is Nc1cc(Cl)cc2[nH]c(-c3cc(F)ccc3Br)nc12. The molecule has 1 aromatic heterocycles. The minimum Gasteiger partial charge on any atom is -0.397 e. The maximum absolute atomic E-state index is 13.3. The summed E-state index contributed by atoms with van der Waals surface area (Å²) >= 11 is 9.31. The zero-order chi connectivity index (χ0) is 13.6. The number of aromatic nitrogens is 2. The van der Waals surface area contributed by atoms with Gasteiger partial charge in [-0.2, -0.15) is 0 Å². The van der Waals surface area contributed by atoms with Crippen molar-refractivity contribution in [3.8, 4) is 11.4 Å². The highest BCUT2D eigenvalue weighted by Gasteiger charge is 2.12. The van der Waals surface area contributed by atoms with Crippen LogP contribution >= 0.6 is 27.5 Å². The van der Waals surface area contributed by atoms with E-state index < -0.39 is 0 Å². The third-order valence-corrected chi connectivity index (χ3v) is 3.67.